The third kappa shape index (κ3) is 3.98. The second-order valence-electron chi connectivity index (χ2n) is 3.49. The summed E-state index contributed by atoms with van der Waals surface area (Å²) in [4.78, 5) is 19.4. The first-order chi connectivity index (χ1) is 8.10. The van der Waals surface area contributed by atoms with E-state index < -0.39 is 0 Å². The molecular formula is C13H17FO3. The van der Waals surface area contributed by atoms with Crippen molar-refractivity contribution >= 4 is 12.8 Å². The molecule has 1 aromatic carbocycles. The topological polar surface area (TPSA) is 43.4 Å². The summed E-state index contributed by atoms with van der Waals surface area (Å²) in [7, 11) is 1.34. The molecule has 17 heavy (non-hydrogen) atoms. The number of esters is 1. The SMILES string of the molecule is C=O.CCC(C(=O)OC)c1ccc(C)c(F)c1. The number of benzene rings is 1. The van der Waals surface area contributed by atoms with Crippen molar-refractivity contribution in [2.45, 2.75) is 26.2 Å². The number of methoxy groups -OCH3 is 1. The van der Waals surface area contributed by atoms with Gasteiger partial charge in [-0.05, 0) is 30.5 Å². The van der Waals surface area contributed by atoms with Crippen molar-refractivity contribution in [1.29, 1.82) is 0 Å². The van der Waals surface area contributed by atoms with Crippen molar-refractivity contribution in [3.05, 3.63) is 35.1 Å². The number of halogens is 1. The minimum absolute atomic E-state index is 0.283. The second kappa shape index (κ2) is 7.54. The number of aryl methyl sites for hydroxylation is 1. The molecule has 0 heterocycles. The Balaban J connectivity index is 0.00000121. The molecular weight excluding hydrogens is 223 g/mol. The van der Waals surface area contributed by atoms with E-state index in [-0.39, 0.29) is 17.7 Å². The lowest BCUT2D eigenvalue weighted by Crippen LogP contribution is -2.13. The summed E-state index contributed by atoms with van der Waals surface area (Å²) in [6.45, 7) is 5.57. The fraction of sp³-hybridized carbons (Fsp3) is 0.385. The average molecular weight is 240 g/mol. The summed E-state index contributed by atoms with van der Waals surface area (Å²) in [5.74, 6) is -0.972. The zero-order valence-electron chi connectivity index (χ0n) is 10.3. The Morgan fingerprint density at radius 1 is 1.47 bits per heavy atom. The van der Waals surface area contributed by atoms with Gasteiger partial charge in [0.2, 0.25) is 0 Å². The summed E-state index contributed by atoms with van der Waals surface area (Å²) < 4.78 is 18.0. The van der Waals surface area contributed by atoms with Crippen LogP contribution in [0.25, 0.3) is 0 Å². The van der Waals surface area contributed by atoms with Gasteiger partial charge in [0, 0.05) is 0 Å². The third-order valence-corrected chi connectivity index (χ3v) is 2.49. The van der Waals surface area contributed by atoms with Crippen LogP contribution in [-0.2, 0) is 14.3 Å². The average Bonchev–Trinajstić information content (AvgIpc) is 2.36. The van der Waals surface area contributed by atoms with Crippen LogP contribution in [0.3, 0.4) is 0 Å². The Kier molecular flexibility index (Phi) is 6.79. The molecule has 1 aromatic rings. The summed E-state index contributed by atoms with van der Waals surface area (Å²) >= 11 is 0. The van der Waals surface area contributed by atoms with Gasteiger partial charge in [-0.3, -0.25) is 4.79 Å². The van der Waals surface area contributed by atoms with E-state index in [1.54, 1.807) is 19.1 Å². The molecule has 94 valence electrons. The monoisotopic (exact) mass is 240 g/mol. The Morgan fingerprint density at radius 3 is 2.47 bits per heavy atom. The summed E-state index contributed by atoms with van der Waals surface area (Å²) in [6.07, 6.45) is 0.606. The maximum atomic E-state index is 13.3. The molecule has 0 aliphatic rings. The summed E-state index contributed by atoms with van der Waals surface area (Å²) in [6, 6.07) is 4.85. The highest BCUT2D eigenvalue weighted by atomic mass is 19.1. The highest BCUT2D eigenvalue weighted by Crippen LogP contribution is 2.22. The lowest BCUT2D eigenvalue weighted by molar-refractivity contribution is -0.142. The van der Waals surface area contributed by atoms with Gasteiger partial charge in [0.25, 0.3) is 0 Å². The van der Waals surface area contributed by atoms with Gasteiger partial charge >= 0.3 is 5.97 Å². The molecule has 0 saturated heterocycles. The Bertz CT molecular complexity index is 377. The lowest BCUT2D eigenvalue weighted by atomic mass is 9.95. The maximum Gasteiger partial charge on any atom is 0.313 e. The van der Waals surface area contributed by atoms with Crippen molar-refractivity contribution in [2.24, 2.45) is 0 Å². The number of carbonyl (C=O) groups is 2. The van der Waals surface area contributed by atoms with E-state index in [2.05, 4.69) is 4.74 Å². The number of hydrogen-bond acceptors (Lipinski definition) is 3. The molecule has 1 atom stereocenters. The smallest absolute Gasteiger partial charge is 0.313 e. The maximum absolute atomic E-state index is 13.3. The number of ether oxygens (including phenoxy) is 1. The van der Waals surface area contributed by atoms with Crippen molar-refractivity contribution in [3.63, 3.8) is 0 Å². The van der Waals surface area contributed by atoms with Gasteiger partial charge in [-0.15, -0.1) is 0 Å². The fourth-order valence-electron chi connectivity index (χ4n) is 1.51. The van der Waals surface area contributed by atoms with E-state index in [1.807, 2.05) is 13.7 Å². The predicted octanol–water partition coefficient (Wildman–Crippen LogP) is 2.62. The minimum Gasteiger partial charge on any atom is -0.469 e. The predicted molar refractivity (Wildman–Crippen MR) is 63.3 cm³/mol. The van der Waals surface area contributed by atoms with Crippen LogP contribution < -0.4 is 0 Å². The first-order valence-electron chi connectivity index (χ1n) is 5.22. The van der Waals surface area contributed by atoms with E-state index in [0.717, 1.165) is 0 Å². The van der Waals surface area contributed by atoms with Gasteiger partial charge in [0.05, 0.1) is 13.0 Å². The molecule has 0 fully saturated rings. The van der Waals surface area contributed by atoms with Crippen molar-refractivity contribution in [1.82, 2.24) is 0 Å². The molecule has 1 unspecified atom stereocenters. The van der Waals surface area contributed by atoms with Gasteiger partial charge < -0.3 is 9.53 Å². The molecule has 1 rings (SSSR count). The summed E-state index contributed by atoms with van der Waals surface area (Å²) in [5.41, 5.74) is 1.26. The highest BCUT2D eigenvalue weighted by Gasteiger charge is 2.19. The normalized spacial score (nSPS) is 11.1. The van der Waals surface area contributed by atoms with E-state index in [0.29, 0.717) is 17.5 Å². The molecule has 0 aliphatic carbocycles. The molecule has 3 nitrogen and oxygen atoms in total. The molecule has 0 amide bonds. The molecule has 0 bridgehead atoms. The van der Waals surface area contributed by atoms with Gasteiger partial charge in [0.15, 0.2) is 0 Å². The zero-order chi connectivity index (χ0) is 13.4. The number of carbonyl (C=O) groups excluding carboxylic acids is 2. The van der Waals surface area contributed by atoms with Crippen molar-refractivity contribution < 1.29 is 18.7 Å². The van der Waals surface area contributed by atoms with Gasteiger partial charge in [-0.25, -0.2) is 4.39 Å². The van der Waals surface area contributed by atoms with E-state index in [1.165, 1.54) is 13.2 Å². The first-order valence-corrected chi connectivity index (χ1v) is 5.22. The van der Waals surface area contributed by atoms with E-state index in [4.69, 9.17) is 4.79 Å². The summed E-state index contributed by atoms with van der Waals surface area (Å²) in [5, 5.41) is 0. The second-order valence-corrected chi connectivity index (χ2v) is 3.49. The van der Waals surface area contributed by atoms with E-state index >= 15 is 0 Å². The number of rotatable bonds is 3. The molecule has 0 N–H and O–H groups in total. The number of hydrogen-bond donors (Lipinski definition) is 0. The molecule has 0 radical (unpaired) electrons. The highest BCUT2D eigenvalue weighted by molar-refractivity contribution is 5.77. The van der Waals surface area contributed by atoms with Crippen LogP contribution in [0.4, 0.5) is 4.39 Å². The Morgan fingerprint density at radius 2 is 2.06 bits per heavy atom. The fourth-order valence-corrected chi connectivity index (χ4v) is 1.51. The third-order valence-electron chi connectivity index (χ3n) is 2.49. The zero-order valence-corrected chi connectivity index (χ0v) is 10.3. The van der Waals surface area contributed by atoms with Crippen LogP contribution in [0.2, 0.25) is 0 Å². The first kappa shape index (κ1) is 15.3. The molecule has 0 aliphatic heterocycles. The van der Waals surface area contributed by atoms with Crippen molar-refractivity contribution in [2.75, 3.05) is 7.11 Å². The van der Waals surface area contributed by atoms with E-state index in [9.17, 15) is 9.18 Å². The Hall–Kier alpha value is -1.71. The van der Waals surface area contributed by atoms with Crippen LogP contribution >= 0.6 is 0 Å². The quantitative estimate of drug-likeness (QED) is 0.763. The standard InChI is InChI=1S/C12H15FO2.CH2O/c1-4-10(12(14)15-3)9-6-5-8(2)11(13)7-9;1-2/h5-7,10H,4H2,1-3H3;1H2. The van der Waals surface area contributed by atoms with Gasteiger partial charge in [-0.1, -0.05) is 19.1 Å². The van der Waals surface area contributed by atoms with Crippen LogP contribution in [0.1, 0.15) is 30.4 Å². The van der Waals surface area contributed by atoms with Crippen LogP contribution in [0, 0.1) is 12.7 Å². The molecule has 0 spiro atoms. The molecule has 0 saturated carbocycles. The van der Waals surface area contributed by atoms with Crippen LogP contribution in [0.5, 0.6) is 0 Å². The molecule has 0 aromatic heterocycles. The van der Waals surface area contributed by atoms with Gasteiger partial charge in [-0.2, -0.15) is 0 Å². The van der Waals surface area contributed by atoms with Gasteiger partial charge in [0.1, 0.15) is 12.6 Å². The largest absolute Gasteiger partial charge is 0.469 e. The minimum atomic E-state index is -0.370. The molecule has 4 heteroatoms. The van der Waals surface area contributed by atoms with Crippen LogP contribution in [-0.4, -0.2) is 19.9 Å². The van der Waals surface area contributed by atoms with Crippen molar-refractivity contribution in [3.8, 4) is 0 Å². The Labute approximate surface area is 101 Å². The van der Waals surface area contributed by atoms with Crippen LogP contribution in [0.15, 0.2) is 18.2 Å². The lowest BCUT2D eigenvalue weighted by Gasteiger charge is -2.13.